The van der Waals surface area contributed by atoms with Crippen molar-refractivity contribution in [2.45, 2.75) is 77.8 Å². The minimum atomic E-state index is -0.909. The minimum Gasteiger partial charge on any atom is -0.454 e. The molecule has 2 saturated heterocycles. The largest absolute Gasteiger partial charge is 0.454 e. The summed E-state index contributed by atoms with van der Waals surface area (Å²) in [5.41, 5.74) is 7.14. The van der Waals surface area contributed by atoms with E-state index in [4.69, 9.17) is 28.9 Å². The van der Waals surface area contributed by atoms with E-state index >= 15 is 0 Å². The first-order valence-corrected chi connectivity index (χ1v) is 22.9. The number of ether oxygens (including phenoxy) is 4. The molecule has 9 rings (SSSR count). The molecule has 4 N–H and O–H groups in total. The van der Waals surface area contributed by atoms with Gasteiger partial charge in [-0.25, -0.2) is 24.4 Å². The van der Waals surface area contributed by atoms with Crippen molar-refractivity contribution in [3.05, 3.63) is 95.8 Å². The highest BCUT2D eigenvalue weighted by Crippen LogP contribution is 2.40. The normalized spacial score (nSPS) is 18.2. The Balaban J connectivity index is 0.886. The van der Waals surface area contributed by atoms with Crippen molar-refractivity contribution in [2.24, 2.45) is 11.8 Å². The van der Waals surface area contributed by atoms with Gasteiger partial charge < -0.3 is 59.1 Å². The molecule has 2 fully saturated rings. The maximum absolute atomic E-state index is 14.3. The van der Waals surface area contributed by atoms with Crippen molar-refractivity contribution in [3.8, 4) is 45.1 Å². The molecule has 0 aliphatic carbocycles. The summed E-state index contributed by atoms with van der Waals surface area (Å²) in [6.45, 7) is 9.14. The lowest BCUT2D eigenvalue weighted by Crippen LogP contribution is -2.52. The number of nitrogens with one attached hydrogen (secondary N) is 4. The molecule has 0 radical (unpaired) electrons. The first kappa shape index (κ1) is 45.6. The van der Waals surface area contributed by atoms with E-state index in [1.54, 1.807) is 25.8 Å². The number of H-pyrrole nitrogens is 2. The number of benzene rings is 3. The monoisotopic (exact) mass is 928 g/mol. The number of hydrogen-bond donors (Lipinski definition) is 4. The Morgan fingerprint density at radius 3 is 1.62 bits per heavy atom. The van der Waals surface area contributed by atoms with Gasteiger partial charge in [0.05, 0.1) is 44.9 Å². The lowest BCUT2D eigenvalue weighted by molar-refractivity contribution is -0.136. The van der Waals surface area contributed by atoms with Crippen molar-refractivity contribution < 1.29 is 42.9 Å². The highest BCUT2D eigenvalue weighted by molar-refractivity contribution is 5.88. The van der Waals surface area contributed by atoms with Crippen molar-refractivity contribution in [1.82, 2.24) is 50.2 Å². The Bertz CT molecular complexity index is 2670. The van der Waals surface area contributed by atoms with E-state index in [-0.39, 0.29) is 55.7 Å². The lowest BCUT2D eigenvalue weighted by Gasteiger charge is -2.29. The Labute approximate surface area is 393 Å². The maximum atomic E-state index is 14.3. The van der Waals surface area contributed by atoms with Crippen LogP contribution in [0.5, 0.6) is 11.5 Å². The number of rotatable bonds is 11. The number of carbonyl (C=O) groups excluding carboxylic acids is 5. The number of amides is 6. The number of urea groups is 1. The first-order valence-electron chi connectivity index (χ1n) is 22.9. The molecule has 4 atom stereocenters. The molecule has 3 aromatic carbocycles. The van der Waals surface area contributed by atoms with Crippen LogP contribution in [-0.4, -0.2) is 122 Å². The second-order valence-corrected chi connectivity index (χ2v) is 18.2. The summed E-state index contributed by atoms with van der Waals surface area (Å²) in [7, 11) is 2.53. The predicted molar refractivity (Wildman–Crippen MR) is 247 cm³/mol. The second-order valence-electron chi connectivity index (χ2n) is 18.2. The molecule has 19 heteroatoms. The number of aromatic nitrogens is 4. The summed E-state index contributed by atoms with van der Waals surface area (Å²) in [5.74, 6) is 1.59. The molecular formula is C49H56N10O9. The summed E-state index contributed by atoms with van der Waals surface area (Å²) < 4.78 is 20.7. The number of carbonyl (C=O) groups is 5. The summed E-state index contributed by atoms with van der Waals surface area (Å²) >= 11 is 0. The lowest BCUT2D eigenvalue weighted by atomic mass is 10.0. The molecule has 4 aliphatic rings. The fraction of sp³-hybridized carbons (Fsp3) is 0.408. The van der Waals surface area contributed by atoms with Crippen molar-refractivity contribution >= 4 is 30.0 Å². The van der Waals surface area contributed by atoms with Crippen LogP contribution in [-0.2, 0) is 32.2 Å². The molecule has 68 heavy (non-hydrogen) atoms. The number of methoxy groups -OCH3 is 2. The highest BCUT2D eigenvalue weighted by Gasteiger charge is 2.44. The number of imidazole rings is 2. The summed E-state index contributed by atoms with van der Waals surface area (Å²) in [4.78, 5) is 89.7. The molecule has 0 saturated carbocycles. The van der Waals surface area contributed by atoms with Gasteiger partial charge in [0, 0.05) is 43.2 Å². The van der Waals surface area contributed by atoms with E-state index in [2.05, 4.69) is 20.6 Å². The number of nitrogens with zero attached hydrogens (tertiary/aromatic N) is 6. The van der Waals surface area contributed by atoms with Crippen LogP contribution in [0.1, 0.15) is 75.4 Å². The number of likely N-dealkylation sites (tertiary alicyclic amines) is 1. The molecule has 0 bridgehead atoms. The summed E-state index contributed by atoms with van der Waals surface area (Å²) in [6.07, 6.45) is 3.86. The van der Waals surface area contributed by atoms with Gasteiger partial charge in [-0.2, -0.15) is 0 Å². The Morgan fingerprint density at radius 2 is 1.13 bits per heavy atom. The molecule has 1 unspecified atom stereocenters. The van der Waals surface area contributed by atoms with E-state index in [9.17, 15) is 24.0 Å². The minimum absolute atomic E-state index is 0.00851. The third-order valence-electron chi connectivity index (χ3n) is 13.2. The molecule has 6 heterocycles. The van der Waals surface area contributed by atoms with Gasteiger partial charge in [-0.1, -0.05) is 76.2 Å². The first-order chi connectivity index (χ1) is 32.8. The summed E-state index contributed by atoms with van der Waals surface area (Å²) in [5, 5.41) is 5.38. The SMILES string of the molecule is COC(=O)NC(C(=O)N1CCC[C@H]1c1nc(-c2ccc(-c3ccc(-c4c[nH]c([C@@H]5CN(C(=O)N6Cc7cc8c(cc7C6)OCO8)CN5C(=O)[C@@H](NC(=O)OC)C(C)C)n4)cc3)cc2)c[nH]1)C(C)C. The van der Waals surface area contributed by atoms with Gasteiger partial charge in [-0.15, -0.1) is 0 Å². The van der Waals surface area contributed by atoms with Gasteiger partial charge in [0.25, 0.3) is 0 Å². The van der Waals surface area contributed by atoms with E-state index in [1.807, 2.05) is 94.6 Å². The highest BCUT2D eigenvalue weighted by atomic mass is 16.7. The molecule has 6 amide bonds. The van der Waals surface area contributed by atoms with Gasteiger partial charge in [0.1, 0.15) is 29.8 Å². The standard InChI is InChI=1S/C49H56N10O9/c1-27(2)41(54-47(62)65-5)45(60)58-17-7-8-37(58)43-50-20-35(52-43)31-13-9-29(10-14-31)30-11-15-32(16-12-30)36-21-51-44(53-36)38-24-57(25-59(38)46(61)42(28(3)4)55-48(63)66-6)49(64)56-22-33-18-39-40(68-26-67-39)19-34(33)23-56/h9-16,18-21,27-28,37-38,41-42H,7-8,17,22-26H2,1-6H3,(H,50,52)(H,51,53)(H,54,62)(H,55,63)/t37-,38-,41?,42-/m0/s1. The topological polar surface area (TPSA) is 217 Å². The van der Waals surface area contributed by atoms with Gasteiger partial charge in [-0.3, -0.25) is 9.59 Å². The second kappa shape index (κ2) is 19.0. The Kier molecular flexibility index (Phi) is 12.7. The average Bonchev–Trinajstić information content (AvgIpc) is 4.21. The predicted octanol–water partition coefficient (Wildman–Crippen LogP) is 6.57. The smallest absolute Gasteiger partial charge is 0.407 e. The fourth-order valence-corrected chi connectivity index (χ4v) is 9.41. The van der Waals surface area contributed by atoms with Gasteiger partial charge in [0.2, 0.25) is 18.6 Å². The van der Waals surface area contributed by atoms with Crippen LogP contribution < -0.4 is 20.1 Å². The van der Waals surface area contributed by atoms with E-state index in [0.717, 1.165) is 51.9 Å². The average molecular weight is 929 g/mol. The quantitative estimate of drug-likeness (QED) is 0.111. The molecule has 0 spiro atoms. The fourth-order valence-electron chi connectivity index (χ4n) is 9.41. The van der Waals surface area contributed by atoms with Crippen LogP contribution in [0.15, 0.2) is 73.1 Å². The number of fused-ring (bicyclic) bond motifs is 2. The van der Waals surface area contributed by atoms with Crippen LogP contribution in [0.3, 0.4) is 0 Å². The van der Waals surface area contributed by atoms with Crippen molar-refractivity contribution in [2.75, 3.05) is 40.8 Å². The molecule has 2 aromatic heterocycles. The number of aromatic amines is 2. The molecular weight excluding hydrogens is 873 g/mol. The zero-order valence-corrected chi connectivity index (χ0v) is 38.9. The van der Waals surface area contributed by atoms with Gasteiger partial charge in [-0.05, 0) is 59.1 Å². The van der Waals surface area contributed by atoms with E-state index < -0.39 is 30.3 Å². The van der Waals surface area contributed by atoms with Gasteiger partial charge in [0.15, 0.2) is 11.5 Å². The van der Waals surface area contributed by atoms with E-state index in [1.165, 1.54) is 14.2 Å². The van der Waals surface area contributed by atoms with Crippen LogP contribution in [0.25, 0.3) is 33.6 Å². The van der Waals surface area contributed by atoms with Crippen LogP contribution in [0.2, 0.25) is 0 Å². The van der Waals surface area contributed by atoms with Crippen LogP contribution in [0, 0.1) is 11.8 Å². The third-order valence-corrected chi connectivity index (χ3v) is 13.2. The molecule has 5 aromatic rings. The Morgan fingerprint density at radius 1 is 0.662 bits per heavy atom. The summed E-state index contributed by atoms with van der Waals surface area (Å²) in [6, 6.07) is 17.2. The van der Waals surface area contributed by atoms with Gasteiger partial charge >= 0.3 is 18.2 Å². The third kappa shape index (κ3) is 8.99. The number of alkyl carbamates (subject to hydrolysis) is 2. The molecule has 19 nitrogen and oxygen atoms in total. The van der Waals surface area contributed by atoms with Crippen molar-refractivity contribution in [3.63, 3.8) is 0 Å². The number of hydrogen-bond acceptors (Lipinski definition) is 11. The van der Waals surface area contributed by atoms with E-state index in [0.29, 0.717) is 48.5 Å². The van der Waals surface area contributed by atoms with Crippen LogP contribution >= 0.6 is 0 Å². The maximum Gasteiger partial charge on any atom is 0.407 e. The zero-order valence-electron chi connectivity index (χ0n) is 38.9. The molecule has 356 valence electrons. The molecule has 4 aliphatic heterocycles. The van der Waals surface area contributed by atoms with Crippen LogP contribution in [0.4, 0.5) is 14.4 Å². The Hall–Kier alpha value is -7.57. The van der Waals surface area contributed by atoms with Crippen molar-refractivity contribution in [1.29, 1.82) is 0 Å². The zero-order chi connectivity index (χ0) is 47.8.